The first-order chi connectivity index (χ1) is 27.4. The molecule has 0 bridgehead atoms. The number of methoxy groups -OCH3 is 1. The van der Waals surface area contributed by atoms with Gasteiger partial charge in [0.2, 0.25) is 0 Å². The average Bonchev–Trinajstić information content (AvgIpc) is 3.19. The highest BCUT2D eigenvalue weighted by atomic mass is 16.7. The van der Waals surface area contributed by atoms with Crippen LogP contribution in [0.3, 0.4) is 0 Å². The summed E-state index contributed by atoms with van der Waals surface area (Å²) in [5.41, 5.74) is 3.51. The van der Waals surface area contributed by atoms with Crippen LogP contribution in [0.1, 0.15) is 93.4 Å². The maximum Gasteiger partial charge on any atom is 0.334 e. The molecule has 1 fully saturated rings. The van der Waals surface area contributed by atoms with Gasteiger partial charge in [-0.1, -0.05) is 44.0 Å². The third-order valence-corrected chi connectivity index (χ3v) is 11.0. The van der Waals surface area contributed by atoms with Crippen molar-refractivity contribution in [2.45, 2.75) is 121 Å². The Labute approximate surface area is 335 Å². The number of phenols is 1. The maximum absolute atomic E-state index is 14.5. The summed E-state index contributed by atoms with van der Waals surface area (Å²) in [6, 6.07) is 10.5. The van der Waals surface area contributed by atoms with Crippen LogP contribution in [0, 0.1) is 11.8 Å². The van der Waals surface area contributed by atoms with Crippen molar-refractivity contribution in [1.82, 2.24) is 5.32 Å². The summed E-state index contributed by atoms with van der Waals surface area (Å²) in [5, 5.41) is 75.4. The minimum Gasteiger partial charge on any atom is -0.504 e. The molecule has 0 aromatic heterocycles. The van der Waals surface area contributed by atoms with Gasteiger partial charge in [-0.2, -0.15) is 0 Å². The highest BCUT2D eigenvalue weighted by Crippen LogP contribution is 2.42. The molecule has 8 N–H and O–H groups in total. The zero-order chi connectivity index (χ0) is 41.5. The number of benzene rings is 2. The number of carbonyl (C=O) groups is 2. The van der Waals surface area contributed by atoms with Crippen molar-refractivity contribution in [2.75, 3.05) is 40.0 Å². The van der Waals surface area contributed by atoms with Crippen LogP contribution in [0.2, 0.25) is 0 Å². The number of aliphatic hydroxyl groups is 6. The fourth-order valence-electron chi connectivity index (χ4n) is 7.94. The normalized spacial score (nSPS) is 24.6. The van der Waals surface area contributed by atoms with E-state index in [1.807, 2.05) is 25.1 Å². The molecular formula is C43H63NO13. The van der Waals surface area contributed by atoms with Crippen LogP contribution in [-0.4, -0.2) is 125 Å². The van der Waals surface area contributed by atoms with E-state index in [0.29, 0.717) is 31.2 Å². The molecule has 1 saturated heterocycles. The van der Waals surface area contributed by atoms with Crippen LogP contribution in [0.5, 0.6) is 11.5 Å². The number of nitrogens with one attached hydrogen (secondary N) is 1. The fourth-order valence-corrected chi connectivity index (χ4v) is 7.94. The van der Waals surface area contributed by atoms with Crippen LogP contribution in [0.15, 0.2) is 42.0 Å². The molecular weight excluding hydrogens is 738 g/mol. The smallest absolute Gasteiger partial charge is 0.334 e. The first-order valence-corrected chi connectivity index (χ1v) is 20.2. The molecule has 0 amide bonds. The minimum atomic E-state index is -1.82. The SMILES string of the molecule is CCC[C@H](CCCO)CCC(=O)O[C@@H]1[C@@H](O)[C@H](CNC[C@H](C)O)O[C@@H](O)[C@@H]1OC(=O)/C(=C/c1ccc(O)c(OC)c1)C[C@H]1c2cc(CCO)ccc2CC[C@@H]1CO. The van der Waals surface area contributed by atoms with Crippen LogP contribution in [0.4, 0.5) is 0 Å². The lowest BCUT2D eigenvalue weighted by atomic mass is 9.72. The quantitative estimate of drug-likeness (QED) is 0.0634. The van der Waals surface area contributed by atoms with Crippen molar-refractivity contribution in [1.29, 1.82) is 0 Å². The van der Waals surface area contributed by atoms with Crippen molar-refractivity contribution in [3.05, 3.63) is 64.2 Å². The summed E-state index contributed by atoms with van der Waals surface area (Å²) in [4.78, 5) is 27.9. The van der Waals surface area contributed by atoms with Crippen molar-refractivity contribution < 1.29 is 64.3 Å². The lowest BCUT2D eigenvalue weighted by Crippen LogP contribution is -2.62. The zero-order valence-corrected chi connectivity index (χ0v) is 33.4. The summed E-state index contributed by atoms with van der Waals surface area (Å²) in [6.07, 6.45) is -1.29. The third-order valence-electron chi connectivity index (χ3n) is 11.0. The van der Waals surface area contributed by atoms with Gasteiger partial charge in [-0.25, -0.2) is 4.79 Å². The third kappa shape index (κ3) is 13.2. The standard InChI is InChI=1S/C43H63NO13/c1-4-6-27(7-5-17-45)10-15-38(50)56-40-39(51)37(24-44-23-26(2)48)55-43(53)41(40)57-42(52)32(19-29-9-14-35(49)36(21-29)54-3)22-34-31(25-47)13-12-30-11-8-28(16-18-46)20-33(30)34/h8-9,11,14,19-21,26-27,31,34,37,39-41,43-49,51,53H,4-7,10,12-13,15-18,22-25H2,1-3H3/b32-19+/t26-,27+,31+,34+,37-,39-,40+,41+,43+/m0/s1. The molecule has 1 heterocycles. The van der Waals surface area contributed by atoms with Crippen molar-refractivity contribution >= 4 is 18.0 Å². The first kappa shape index (κ1) is 46.1. The van der Waals surface area contributed by atoms with Crippen molar-refractivity contribution in [2.24, 2.45) is 11.8 Å². The molecule has 14 nitrogen and oxygen atoms in total. The maximum atomic E-state index is 14.5. The van der Waals surface area contributed by atoms with E-state index in [0.717, 1.165) is 42.4 Å². The van der Waals surface area contributed by atoms with E-state index in [9.17, 15) is 45.3 Å². The molecule has 0 saturated carbocycles. The molecule has 1 aliphatic heterocycles. The summed E-state index contributed by atoms with van der Waals surface area (Å²) in [7, 11) is 1.40. The second-order valence-corrected chi connectivity index (χ2v) is 15.3. The van der Waals surface area contributed by atoms with E-state index < -0.39 is 48.7 Å². The van der Waals surface area contributed by atoms with E-state index in [2.05, 4.69) is 5.32 Å². The van der Waals surface area contributed by atoms with Gasteiger partial charge in [0.25, 0.3) is 0 Å². The molecule has 2 aromatic rings. The van der Waals surface area contributed by atoms with Crippen molar-refractivity contribution in [3.8, 4) is 11.5 Å². The second-order valence-electron chi connectivity index (χ2n) is 15.3. The molecule has 0 radical (unpaired) electrons. The Balaban J connectivity index is 1.68. The Morgan fingerprint density at radius 3 is 2.49 bits per heavy atom. The Morgan fingerprint density at radius 2 is 1.81 bits per heavy atom. The predicted molar refractivity (Wildman–Crippen MR) is 211 cm³/mol. The lowest BCUT2D eigenvalue weighted by molar-refractivity contribution is -0.287. The second kappa shape index (κ2) is 23.1. The largest absolute Gasteiger partial charge is 0.504 e. The molecule has 2 aliphatic rings. The van der Waals surface area contributed by atoms with Crippen LogP contribution in [0.25, 0.3) is 6.08 Å². The molecule has 4 rings (SSSR count). The number of esters is 2. The number of ether oxygens (including phenoxy) is 4. The van der Waals surface area contributed by atoms with Gasteiger partial charge in [-0.15, -0.1) is 0 Å². The number of aromatic hydroxyl groups is 1. The monoisotopic (exact) mass is 801 g/mol. The Hall–Kier alpha value is -3.60. The van der Waals surface area contributed by atoms with Gasteiger partial charge in [-0.05, 0) is 110 Å². The topological polar surface area (TPSA) is 225 Å². The van der Waals surface area contributed by atoms with Gasteiger partial charge < -0.3 is 60.0 Å². The van der Waals surface area contributed by atoms with Gasteiger partial charge in [-0.3, -0.25) is 4.79 Å². The molecule has 9 atom stereocenters. The lowest BCUT2D eigenvalue weighted by Gasteiger charge is -2.42. The number of hydrogen-bond acceptors (Lipinski definition) is 14. The summed E-state index contributed by atoms with van der Waals surface area (Å²) in [6.45, 7) is 3.62. The predicted octanol–water partition coefficient (Wildman–Crippen LogP) is 2.89. The summed E-state index contributed by atoms with van der Waals surface area (Å²) < 4.78 is 22.9. The number of carbonyl (C=O) groups excluding carboxylic acids is 2. The zero-order valence-electron chi connectivity index (χ0n) is 33.4. The average molecular weight is 802 g/mol. The number of fused-ring (bicyclic) bond motifs is 1. The molecule has 57 heavy (non-hydrogen) atoms. The summed E-state index contributed by atoms with van der Waals surface area (Å²) >= 11 is 0. The van der Waals surface area contributed by atoms with E-state index in [-0.39, 0.29) is 80.6 Å². The molecule has 14 heteroatoms. The number of aliphatic hydroxyl groups excluding tert-OH is 6. The van der Waals surface area contributed by atoms with E-state index >= 15 is 0 Å². The van der Waals surface area contributed by atoms with E-state index in [4.69, 9.17) is 18.9 Å². The number of phenolic OH excluding ortho intramolecular Hbond substituents is 1. The Bertz CT molecular complexity index is 1600. The molecule has 0 spiro atoms. The summed E-state index contributed by atoms with van der Waals surface area (Å²) in [5.74, 6) is -1.90. The molecule has 1 aliphatic carbocycles. The van der Waals surface area contributed by atoms with Crippen LogP contribution < -0.4 is 10.1 Å². The van der Waals surface area contributed by atoms with Crippen LogP contribution >= 0.6 is 0 Å². The Kier molecular flexibility index (Phi) is 18.7. The van der Waals surface area contributed by atoms with Crippen LogP contribution in [-0.2, 0) is 36.6 Å². The van der Waals surface area contributed by atoms with E-state index in [1.165, 1.54) is 13.2 Å². The van der Waals surface area contributed by atoms with Gasteiger partial charge in [0.15, 0.2) is 30.0 Å². The first-order valence-electron chi connectivity index (χ1n) is 20.2. The fraction of sp³-hybridized carbons (Fsp3) is 0.628. The van der Waals surface area contributed by atoms with Crippen molar-refractivity contribution in [3.63, 3.8) is 0 Å². The van der Waals surface area contributed by atoms with Gasteiger partial charge in [0, 0.05) is 44.9 Å². The molecule has 0 unspecified atom stereocenters. The van der Waals surface area contributed by atoms with Gasteiger partial charge >= 0.3 is 11.9 Å². The number of hydrogen-bond donors (Lipinski definition) is 8. The number of aryl methyl sites for hydroxylation is 1. The van der Waals surface area contributed by atoms with Gasteiger partial charge in [0.1, 0.15) is 12.2 Å². The molecule has 318 valence electrons. The number of rotatable bonds is 22. The highest BCUT2D eigenvalue weighted by Gasteiger charge is 2.49. The van der Waals surface area contributed by atoms with E-state index in [1.54, 1.807) is 25.1 Å². The van der Waals surface area contributed by atoms with Gasteiger partial charge in [0.05, 0.1) is 13.2 Å². The Morgan fingerprint density at radius 1 is 1.02 bits per heavy atom. The minimum absolute atomic E-state index is 0.00236. The molecule has 2 aromatic carbocycles. The highest BCUT2D eigenvalue weighted by molar-refractivity contribution is 5.94.